The lowest BCUT2D eigenvalue weighted by molar-refractivity contribution is 0.414. The van der Waals surface area contributed by atoms with Crippen LogP contribution in [0, 0.1) is 0 Å². The van der Waals surface area contributed by atoms with Crippen LogP contribution >= 0.6 is 0 Å². The van der Waals surface area contributed by atoms with Gasteiger partial charge in [-0.1, -0.05) is 24.3 Å². The molecule has 0 radical (unpaired) electrons. The molecule has 0 atom stereocenters. The molecule has 0 saturated carbocycles. The summed E-state index contributed by atoms with van der Waals surface area (Å²) < 4.78 is 5.08. The number of benzene rings is 1. The average Bonchev–Trinajstić information content (AvgIpc) is 2.19. The van der Waals surface area contributed by atoms with Crippen LogP contribution in [0.1, 0.15) is 18.9 Å². The third-order valence-electron chi connectivity index (χ3n) is 1.99. The number of rotatable bonds is 4. The van der Waals surface area contributed by atoms with E-state index in [1.807, 2.05) is 19.1 Å². The van der Waals surface area contributed by atoms with Gasteiger partial charge in [-0.15, -0.1) is 0 Å². The molecule has 70 valence electrons. The van der Waals surface area contributed by atoms with Crippen LogP contribution in [0.5, 0.6) is 5.75 Å². The molecule has 0 bridgehead atoms. The molecule has 0 saturated heterocycles. The van der Waals surface area contributed by atoms with Crippen molar-refractivity contribution in [2.24, 2.45) is 0 Å². The summed E-state index contributed by atoms with van der Waals surface area (Å²) in [5, 5.41) is 0. The minimum atomic E-state index is 0.926. The Balaban J connectivity index is 2.49. The summed E-state index contributed by atoms with van der Waals surface area (Å²) in [6.07, 6.45) is 6.49. The third kappa shape index (κ3) is 3.32. The van der Waals surface area contributed by atoms with E-state index in [0.717, 1.165) is 18.6 Å². The predicted molar refractivity (Wildman–Crippen MR) is 56.1 cm³/mol. The zero-order valence-corrected chi connectivity index (χ0v) is 8.29. The van der Waals surface area contributed by atoms with E-state index < -0.39 is 0 Å². The fourth-order valence-corrected chi connectivity index (χ4v) is 1.21. The van der Waals surface area contributed by atoms with Crippen LogP contribution in [0.15, 0.2) is 36.4 Å². The second kappa shape index (κ2) is 5.41. The summed E-state index contributed by atoms with van der Waals surface area (Å²) in [4.78, 5) is 0. The Morgan fingerprint density at radius 2 is 1.92 bits per heavy atom. The normalized spacial score (nSPS) is 10.6. The molecule has 1 heteroatoms. The third-order valence-corrected chi connectivity index (χ3v) is 1.99. The van der Waals surface area contributed by atoms with Crippen LogP contribution in [0.25, 0.3) is 0 Å². The quantitative estimate of drug-likeness (QED) is 0.640. The van der Waals surface area contributed by atoms with Crippen molar-refractivity contribution in [3.63, 3.8) is 0 Å². The van der Waals surface area contributed by atoms with Crippen LogP contribution in [0.3, 0.4) is 0 Å². The number of allylic oxidation sites excluding steroid dienone is 2. The number of methoxy groups -OCH3 is 1. The smallest absolute Gasteiger partial charge is 0.118 e. The molecule has 1 rings (SSSR count). The monoisotopic (exact) mass is 176 g/mol. The van der Waals surface area contributed by atoms with Crippen LogP contribution in [0.2, 0.25) is 0 Å². The van der Waals surface area contributed by atoms with Gasteiger partial charge >= 0.3 is 0 Å². The maximum Gasteiger partial charge on any atom is 0.118 e. The first kappa shape index (κ1) is 9.85. The molecule has 0 unspecified atom stereocenters. The van der Waals surface area contributed by atoms with Crippen molar-refractivity contribution < 1.29 is 4.74 Å². The SMILES string of the molecule is CC=CCCc1ccc(OC)cc1. The Hall–Kier alpha value is -1.24. The summed E-state index contributed by atoms with van der Waals surface area (Å²) in [5.41, 5.74) is 1.36. The average molecular weight is 176 g/mol. The first-order chi connectivity index (χ1) is 6.36. The Labute approximate surface area is 80.0 Å². The standard InChI is InChI=1S/C12H16O/c1-3-4-5-6-11-7-9-12(13-2)10-8-11/h3-4,7-10H,5-6H2,1-2H3. The van der Waals surface area contributed by atoms with Gasteiger partial charge < -0.3 is 4.74 Å². The molecule has 0 heterocycles. The van der Waals surface area contributed by atoms with Crippen LogP contribution in [-0.4, -0.2) is 7.11 Å². The summed E-state index contributed by atoms with van der Waals surface area (Å²) in [6.45, 7) is 2.05. The van der Waals surface area contributed by atoms with Gasteiger partial charge in [0.15, 0.2) is 0 Å². The molecular weight excluding hydrogens is 160 g/mol. The first-order valence-corrected chi connectivity index (χ1v) is 4.61. The van der Waals surface area contributed by atoms with Gasteiger partial charge in [0, 0.05) is 0 Å². The highest BCUT2D eigenvalue weighted by Crippen LogP contribution is 2.12. The second-order valence-corrected chi connectivity index (χ2v) is 2.96. The minimum absolute atomic E-state index is 0.926. The zero-order chi connectivity index (χ0) is 9.52. The molecule has 0 aliphatic rings. The molecule has 1 nitrogen and oxygen atoms in total. The molecule has 0 aromatic heterocycles. The number of hydrogen-bond acceptors (Lipinski definition) is 1. The summed E-state index contributed by atoms with van der Waals surface area (Å²) in [6, 6.07) is 8.24. The van der Waals surface area contributed by atoms with E-state index >= 15 is 0 Å². The van der Waals surface area contributed by atoms with E-state index in [2.05, 4.69) is 24.3 Å². The van der Waals surface area contributed by atoms with E-state index in [-0.39, 0.29) is 0 Å². The van der Waals surface area contributed by atoms with E-state index in [1.54, 1.807) is 7.11 Å². The van der Waals surface area contributed by atoms with Crippen molar-refractivity contribution in [2.75, 3.05) is 7.11 Å². The largest absolute Gasteiger partial charge is 0.497 e. The molecule has 0 amide bonds. The van der Waals surface area contributed by atoms with Crippen LogP contribution in [0.4, 0.5) is 0 Å². The molecule has 1 aromatic carbocycles. The summed E-state index contributed by atoms with van der Waals surface area (Å²) in [5.74, 6) is 0.926. The molecule has 1 aromatic rings. The maximum absolute atomic E-state index is 5.08. The molecule has 0 aliphatic carbocycles. The first-order valence-electron chi connectivity index (χ1n) is 4.61. The van der Waals surface area contributed by atoms with Gasteiger partial charge in [0.25, 0.3) is 0 Å². The van der Waals surface area contributed by atoms with Gasteiger partial charge in [0.2, 0.25) is 0 Å². The van der Waals surface area contributed by atoms with E-state index in [9.17, 15) is 0 Å². The lowest BCUT2D eigenvalue weighted by atomic mass is 10.1. The number of hydrogen-bond donors (Lipinski definition) is 0. The van der Waals surface area contributed by atoms with Crippen LogP contribution < -0.4 is 4.74 Å². The van der Waals surface area contributed by atoms with Crippen LogP contribution in [-0.2, 0) is 6.42 Å². The van der Waals surface area contributed by atoms with E-state index in [0.29, 0.717) is 0 Å². The summed E-state index contributed by atoms with van der Waals surface area (Å²) in [7, 11) is 1.69. The second-order valence-electron chi connectivity index (χ2n) is 2.96. The van der Waals surface area contributed by atoms with Crippen molar-refractivity contribution >= 4 is 0 Å². The topological polar surface area (TPSA) is 9.23 Å². The Morgan fingerprint density at radius 1 is 1.23 bits per heavy atom. The Bertz CT molecular complexity index is 259. The number of ether oxygens (including phenoxy) is 1. The zero-order valence-electron chi connectivity index (χ0n) is 8.29. The fraction of sp³-hybridized carbons (Fsp3) is 0.333. The van der Waals surface area contributed by atoms with Gasteiger partial charge in [-0.3, -0.25) is 0 Å². The van der Waals surface area contributed by atoms with Crippen molar-refractivity contribution in [1.29, 1.82) is 0 Å². The van der Waals surface area contributed by atoms with Crippen molar-refractivity contribution in [1.82, 2.24) is 0 Å². The highest BCUT2D eigenvalue weighted by Gasteiger charge is 1.92. The van der Waals surface area contributed by atoms with Gasteiger partial charge in [-0.2, -0.15) is 0 Å². The van der Waals surface area contributed by atoms with Crippen molar-refractivity contribution in [2.45, 2.75) is 19.8 Å². The highest BCUT2D eigenvalue weighted by atomic mass is 16.5. The van der Waals surface area contributed by atoms with Gasteiger partial charge in [0.1, 0.15) is 5.75 Å². The predicted octanol–water partition coefficient (Wildman–Crippen LogP) is 3.20. The maximum atomic E-state index is 5.08. The van der Waals surface area contributed by atoms with E-state index in [1.165, 1.54) is 5.56 Å². The van der Waals surface area contributed by atoms with Crippen molar-refractivity contribution in [3.8, 4) is 5.75 Å². The lowest BCUT2D eigenvalue weighted by Gasteiger charge is -2.01. The summed E-state index contributed by atoms with van der Waals surface area (Å²) >= 11 is 0. The Morgan fingerprint density at radius 3 is 2.46 bits per heavy atom. The van der Waals surface area contributed by atoms with Gasteiger partial charge in [-0.05, 0) is 37.5 Å². The number of aryl methyl sites for hydroxylation is 1. The lowest BCUT2D eigenvalue weighted by Crippen LogP contribution is -1.85. The van der Waals surface area contributed by atoms with Gasteiger partial charge in [0.05, 0.1) is 7.11 Å². The van der Waals surface area contributed by atoms with Crippen molar-refractivity contribution in [3.05, 3.63) is 42.0 Å². The molecular formula is C12H16O. The minimum Gasteiger partial charge on any atom is -0.497 e. The molecule has 0 fully saturated rings. The highest BCUT2D eigenvalue weighted by molar-refractivity contribution is 5.27. The van der Waals surface area contributed by atoms with Gasteiger partial charge in [-0.25, -0.2) is 0 Å². The molecule has 0 spiro atoms. The molecule has 0 N–H and O–H groups in total. The van der Waals surface area contributed by atoms with E-state index in [4.69, 9.17) is 4.74 Å². The fourth-order valence-electron chi connectivity index (χ4n) is 1.21. The molecule has 13 heavy (non-hydrogen) atoms. The Kier molecular flexibility index (Phi) is 4.10. The molecule has 0 aliphatic heterocycles.